The van der Waals surface area contributed by atoms with E-state index in [1.54, 1.807) is 7.11 Å². The summed E-state index contributed by atoms with van der Waals surface area (Å²) in [5, 5.41) is 2.91. The molecule has 0 bridgehead atoms. The van der Waals surface area contributed by atoms with Gasteiger partial charge in [0.15, 0.2) is 0 Å². The first-order valence-electron chi connectivity index (χ1n) is 6.32. The van der Waals surface area contributed by atoms with Gasteiger partial charge in [-0.05, 0) is 37.0 Å². The van der Waals surface area contributed by atoms with E-state index in [4.69, 9.17) is 9.47 Å². The van der Waals surface area contributed by atoms with Crippen LogP contribution >= 0.6 is 0 Å². The van der Waals surface area contributed by atoms with E-state index < -0.39 is 0 Å². The molecule has 1 unspecified atom stereocenters. The maximum absolute atomic E-state index is 11.7. The summed E-state index contributed by atoms with van der Waals surface area (Å²) in [5.74, 6) is 0.855. The Hall–Kier alpha value is -1.55. The quantitative estimate of drug-likeness (QED) is 0.861. The third kappa shape index (κ3) is 3.47. The Kier molecular flexibility index (Phi) is 4.59. The van der Waals surface area contributed by atoms with Crippen molar-refractivity contribution in [2.24, 2.45) is 0 Å². The summed E-state index contributed by atoms with van der Waals surface area (Å²) < 4.78 is 10.5. The lowest BCUT2D eigenvalue weighted by atomic mass is 10.1. The van der Waals surface area contributed by atoms with Gasteiger partial charge < -0.3 is 14.8 Å². The molecule has 1 fully saturated rings. The Labute approximate surface area is 107 Å². The number of carbonyl (C=O) groups excluding carboxylic acids is 1. The summed E-state index contributed by atoms with van der Waals surface area (Å²) in [6.07, 6.45) is 2.38. The van der Waals surface area contributed by atoms with Crippen molar-refractivity contribution >= 4 is 5.91 Å². The summed E-state index contributed by atoms with van der Waals surface area (Å²) in [7, 11) is 1.65. The van der Waals surface area contributed by atoms with Gasteiger partial charge in [-0.15, -0.1) is 0 Å². The Balaban J connectivity index is 1.75. The van der Waals surface area contributed by atoms with E-state index in [0.29, 0.717) is 13.2 Å². The highest BCUT2D eigenvalue weighted by Gasteiger charge is 2.22. The second-order valence-electron chi connectivity index (χ2n) is 4.39. The van der Waals surface area contributed by atoms with Crippen LogP contribution in [0.2, 0.25) is 0 Å². The van der Waals surface area contributed by atoms with Crippen molar-refractivity contribution in [1.82, 2.24) is 5.32 Å². The fourth-order valence-electron chi connectivity index (χ4n) is 2.06. The summed E-state index contributed by atoms with van der Waals surface area (Å²) in [6.45, 7) is 1.33. The minimum absolute atomic E-state index is 0.00963. The smallest absolute Gasteiger partial charge is 0.249 e. The Morgan fingerprint density at radius 2 is 2.44 bits per heavy atom. The molecule has 0 aliphatic carbocycles. The molecule has 1 aliphatic rings. The first-order chi connectivity index (χ1) is 8.79. The van der Waals surface area contributed by atoms with Crippen LogP contribution in [0.25, 0.3) is 0 Å². The zero-order valence-corrected chi connectivity index (χ0v) is 10.6. The van der Waals surface area contributed by atoms with Crippen molar-refractivity contribution in [3.63, 3.8) is 0 Å². The summed E-state index contributed by atoms with van der Waals surface area (Å²) in [5.41, 5.74) is 1.15. The molecule has 1 aromatic rings. The lowest BCUT2D eigenvalue weighted by Crippen LogP contribution is -2.35. The van der Waals surface area contributed by atoms with Gasteiger partial charge in [-0.3, -0.25) is 4.79 Å². The van der Waals surface area contributed by atoms with Crippen molar-refractivity contribution in [3.05, 3.63) is 29.8 Å². The van der Waals surface area contributed by atoms with E-state index >= 15 is 0 Å². The fraction of sp³-hybridized carbons (Fsp3) is 0.500. The van der Waals surface area contributed by atoms with Gasteiger partial charge in [0, 0.05) is 13.2 Å². The average molecular weight is 249 g/mol. The first-order valence-corrected chi connectivity index (χ1v) is 6.32. The van der Waals surface area contributed by atoms with Gasteiger partial charge >= 0.3 is 0 Å². The van der Waals surface area contributed by atoms with Gasteiger partial charge in [0.1, 0.15) is 11.9 Å². The van der Waals surface area contributed by atoms with Crippen LogP contribution in [0.4, 0.5) is 0 Å². The van der Waals surface area contributed by atoms with Gasteiger partial charge in [0.05, 0.1) is 7.11 Å². The second kappa shape index (κ2) is 6.40. The standard InChI is InChI=1S/C14H19NO3/c1-17-12-5-2-4-11(10-12)7-8-15-14(16)13-6-3-9-18-13/h2,4-5,10,13H,3,6-9H2,1H3,(H,15,16). The molecule has 18 heavy (non-hydrogen) atoms. The number of carbonyl (C=O) groups is 1. The Bertz CT molecular complexity index is 400. The highest BCUT2D eigenvalue weighted by molar-refractivity contribution is 5.80. The maximum Gasteiger partial charge on any atom is 0.249 e. The summed E-state index contributed by atoms with van der Waals surface area (Å²) in [6, 6.07) is 7.88. The lowest BCUT2D eigenvalue weighted by Gasteiger charge is -2.10. The number of hydrogen-bond donors (Lipinski definition) is 1. The molecule has 0 aromatic heterocycles. The number of rotatable bonds is 5. The average Bonchev–Trinajstić information content (AvgIpc) is 2.93. The van der Waals surface area contributed by atoms with Crippen molar-refractivity contribution in [3.8, 4) is 5.75 Å². The van der Waals surface area contributed by atoms with Crippen LogP contribution in [0, 0.1) is 0 Å². The van der Waals surface area contributed by atoms with Crippen LogP contribution in [-0.4, -0.2) is 32.3 Å². The van der Waals surface area contributed by atoms with Gasteiger partial charge in [-0.1, -0.05) is 12.1 Å². The molecule has 1 aromatic carbocycles. The van der Waals surface area contributed by atoms with Gasteiger partial charge in [0.25, 0.3) is 0 Å². The van der Waals surface area contributed by atoms with Crippen molar-refractivity contribution in [2.45, 2.75) is 25.4 Å². The fourth-order valence-corrected chi connectivity index (χ4v) is 2.06. The normalized spacial score (nSPS) is 18.6. The zero-order chi connectivity index (χ0) is 12.8. The van der Waals surface area contributed by atoms with E-state index in [9.17, 15) is 4.79 Å². The van der Waals surface area contributed by atoms with Crippen molar-refractivity contribution in [1.29, 1.82) is 0 Å². The largest absolute Gasteiger partial charge is 0.497 e. The SMILES string of the molecule is COc1cccc(CCNC(=O)C2CCCO2)c1. The van der Waals surface area contributed by atoms with E-state index in [0.717, 1.165) is 30.6 Å². The van der Waals surface area contributed by atoms with E-state index in [1.165, 1.54) is 0 Å². The van der Waals surface area contributed by atoms with Gasteiger partial charge in [-0.2, -0.15) is 0 Å². The Morgan fingerprint density at radius 3 is 3.17 bits per heavy atom. The predicted molar refractivity (Wildman–Crippen MR) is 68.7 cm³/mol. The maximum atomic E-state index is 11.7. The predicted octanol–water partition coefficient (Wildman–Crippen LogP) is 1.53. The molecule has 0 radical (unpaired) electrons. The monoisotopic (exact) mass is 249 g/mol. The van der Waals surface area contributed by atoms with Crippen LogP contribution in [0.15, 0.2) is 24.3 Å². The van der Waals surface area contributed by atoms with Crippen molar-refractivity contribution in [2.75, 3.05) is 20.3 Å². The van der Waals surface area contributed by atoms with Crippen molar-refractivity contribution < 1.29 is 14.3 Å². The molecule has 1 amide bonds. The highest BCUT2D eigenvalue weighted by atomic mass is 16.5. The van der Waals surface area contributed by atoms with Gasteiger partial charge in [-0.25, -0.2) is 0 Å². The molecule has 4 nitrogen and oxygen atoms in total. The zero-order valence-electron chi connectivity index (χ0n) is 10.6. The van der Waals surface area contributed by atoms with Crippen LogP contribution < -0.4 is 10.1 Å². The molecule has 1 aliphatic heterocycles. The number of nitrogens with one attached hydrogen (secondary N) is 1. The molecular formula is C14H19NO3. The molecule has 1 saturated heterocycles. The minimum atomic E-state index is -0.240. The lowest BCUT2D eigenvalue weighted by molar-refractivity contribution is -0.129. The van der Waals surface area contributed by atoms with Crippen LogP contribution in [0.3, 0.4) is 0 Å². The molecule has 0 saturated carbocycles. The summed E-state index contributed by atoms with van der Waals surface area (Å²) in [4.78, 5) is 11.7. The topological polar surface area (TPSA) is 47.6 Å². The molecule has 1 N–H and O–H groups in total. The van der Waals surface area contributed by atoms with Crippen LogP contribution in [0.1, 0.15) is 18.4 Å². The molecule has 1 heterocycles. The molecule has 4 heteroatoms. The minimum Gasteiger partial charge on any atom is -0.497 e. The summed E-state index contributed by atoms with van der Waals surface area (Å²) >= 11 is 0. The van der Waals surface area contributed by atoms with Crippen LogP contribution in [0.5, 0.6) is 5.75 Å². The molecule has 98 valence electrons. The molecule has 0 spiro atoms. The third-order valence-corrected chi connectivity index (χ3v) is 3.07. The highest BCUT2D eigenvalue weighted by Crippen LogP contribution is 2.13. The molecular weight excluding hydrogens is 230 g/mol. The Morgan fingerprint density at radius 1 is 1.56 bits per heavy atom. The molecule has 1 atom stereocenters. The van der Waals surface area contributed by atoms with E-state index in [1.807, 2.05) is 24.3 Å². The van der Waals surface area contributed by atoms with Gasteiger partial charge in [0.2, 0.25) is 5.91 Å². The number of methoxy groups -OCH3 is 1. The molecule has 2 rings (SSSR count). The number of benzene rings is 1. The third-order valence-electron chi connectivity index (χ3n) is 3.07. The number of ether oxygens (including phenoxy) is 2. The number of amides is 1. The van der Waals surface area contributed by atoms with E-state index in [2.05, 4.69) is 5.32 Å². The van der Waals surface area contributed by atoms with E-state index in [-0.39, 0.29) is 12.0 Å². The van der Waals surface area contributed by atoms with Crippen LogP contribution in [-0.2, 0) is 16.0 Å². The number of hydrogen-bond acceptors (Lipinski definition) is 3. The first kappa shape index (κ1) is 12.9. The second-order valence-corrected chi connectivity index (χ2v) is 4.39.